The maximum atomic E-state index is 13.6. The van der Waals surface area contributed by atoms with Crippen molar-refractivity contribution in [3.63, 3.8) is 0 Å². The molecule has 644 valence electrons. The largest absolute Gasteiger partial charge is 0.394 e. The molecule has 0 spiro atoms. The zero-order chi connectivity index (χ0) is 80.4. The van der Waals surface area contributed by atoms with Crippen molar-refractivity contribution in [2.75, 3.05) is 39.6 Å². The first kappa shape index (κ1) is 96.3. The number of unbranched alkanes of at least 4 members (excludes halogenated alkanes) is 27. The maximum absolute atomic E-state index is 13.6. The van der Waals surface area contributed by atoms with Gasteiger partial charge in [0, 0.05) is 13.3 Å². The van der Waals surface area contributed by atoms with E-state index < -0.39 is 242 Å². The lowest BCUT2D eigenvalue weighted by Gasteiger charge is -2.52. The Hall–Kier alpha value is -2.52. The minimum atomic E-state index is -2.25. The van der Waals surface area contributed by atoms with Gasteiger partial charge in [-0.05, 0) is 26.2 Å². The predicted molar refractivity (Wildman–Crippen MR) is 390 cm³/mol. The van der Waals surface area contributed by atoms with Gasteiger partial charge in [0.1, 0.15) is 140 Å². The van der Waals surface area contributed by atoms with E-state index in [2.05, 4.69) is 24.5 Å². The molecule has 6 saturated heterocycles. The van der Waals surface area contributed by atoms with Crippen LogP contribution in [0.5, 0.6) is 0 Å². The summed E-state index contributed by atoms with van der Waals surface area (Å²) in [6.45, 7) is 1.25. The van der Waals surface area contributed by atoms with Crippen molar-refractivity contribution in [3.8, 4) is 0 Å². The summed E-state index contributed by atoms with van der Waals surface area (Å²) in [6.07, 6.45) is -20.0. The van der Waals surface area contributed by atoms with Gasteiger partial charge in [0.15, 0.2) is 37.7 Å². The predicted octanol–water partition coefficient (Wildman–Crippen LogP) is -0.760. The van der Waals surface area contributed by atoms with Gasteiger partial charge >= 0.3 is 0 Å². The van der Waals surface area contributed by atoms with Gasteiger partial charge in [-0.3, -0.25) is 9.59 Å². The third-order valence-corrected chi connectivity index (χ3v) is 21.8. The van der Waals surface area contributed by atoms with E-state index in [1.807, 2.05) is 6.08 Å². The average molecular weight is 1590 g/mol. The van der Waals surface area contributed by atoms with Crippen molar-refractivity contribution in [3.05, 3.63) is 12.2 Å². The van der Waals surface area contributed by atoms with Crippen LogP contribution < -0.4 is 10.6 Å². The molecule has 34 heteroatoms. The summed E-state index contributed by atoms with van der Waals surface area (Å²) < 4.78 is 71.7. The lowest BCUT2D eigenvalue weighted by Crippen LogP contribution is -2.71. The van der Waals surface area contributed by atoms with Crippen molar-refractivity contribution >= 4 is 11.8 Å². The van der Waals surface area contributed by atoms with Crippen molar-refractivity contribution in [2.24, 2.45) is 0 Å². The van der Waals surface area contributed by atoms with Gasteiger partial charge in [-0.1, -0.05) is 193 Å². The van der Waals surface area contributed by atoms with Gasteiger partial charge in [-0.25, -0.2) is 0 Å². The summed E-state index contributed by atoms with van der Waals surface area (Å²) in [7, 11) is 0. The molecule has 110 heavy (non-hydrogen) atoms. The highest BCUT2D eigenvalue weighted by Crippen LogP contribution is 2.39. The van der Waals surface area contributed by atoms with E-state index in [4.69, 9.17) is 56.8 Å². The molecule has 6 rings (SSSR count). The number of allylic oxidation sites excluding steroid dienone is 1. The van der Waals surface area contributed by atoms with Crippen LogP contribution in [0.4, 0.5) is 0 Å². The molecule has 0 radical (unpaired) electrons. The Morgan fingerprint density at radius 3 is 1.19 bits per heavy atom. The Kier molecular flexibility index (Phi) is 45.2. The molecule has 34 nitrogen and oxygen atoms in total. The molecule has 0 aromatic heterocycles. The van der Waals surface area contributed by atoms with Crippen molar-refractivity contribution in [2.45, 2.75) is 417 Å². The van der Waals surface area contributed by atoms with Gasteiger partial charge < -0.3 is 159 Å². The van der Waals surface area contributed by atoms with Gasteiger partial charge in [0.25, 0.3) is 0 Å². The van der Waals surface area contributed by atoms with E-state index >= 15 is 0 Å². The Morgan fingerprint density at radius 2 is 0.727 bits per heavy atom. The van der Waals surface area contributed by atoms with Crippen LogP contribution in [0, 0.1) is 0 Å². The first-order chi connectivity index (χ1) is 52.9. The van der Waals surface area contributed by atoms with Crippen LogP contribution in [0.15, 0.2) is 12.2 Å². The number of rotatable bonds is 52. The molecular weight excluding hydrogens is 1450 g/mol. The number of carbonyl (C=O) groups is 2. The molecular formula is C76H138N2O32. The highest BCUT2D eigenvalue weighted by molar-refractivity contribution is 5.76. The normalized spacial score (nSPS) is 37.7. The second-order valence-electron chi connectivity index (χ2n) is 30.6. The molecule has 0 saturated carbocycles. The van der Waals surface area contributed by atoms with Crippen molar-refractivity contribution < 1.29 is 158 Å². The second kappa shape index (κ2) is 51.6. The number of amides is 2. The molecule has 0 aromatic carbocycles. The van der Waals surface area contributed by atoms with Crippen molar-refractivity contribution in [1.82, 2.24) is 10.6 Å². The van der Waals surface area contributed by atoms with E-state index in [1.165, 1.54) is 129 Å². The summed E-state index contributed by atoms with van der Waals surface area (Å²) >= 11 is 0. The number of nitrogens with one attached hydrogen (secondary N) is 2. The van der Waals surface area contributed by atoms with Gasteiger partial charge in [0.05, 0.1) is 57.9 Å². The van der Waals surface area contributed by atoms with Crippen LogP contribution in [0.1, 0.15) is 220 Å². The van der Waals surface area contributed by atoms with E-state index in [0.29, 0.717) is 12.8 Å². The fraction of sp³-hybridized carbons (Fsp3) is 0.947. The highest BCUT2D eigenvalue weighted by atomic mass is 16.8. The number of carbonyl (C=O) groups excluding carboxylic acids is 2. The van der Waals surface area contributed by atoms with Gasteiger partial charge in [0.2, 0.25) is 11.8 Å². The smallest absolute Gasteiger partial charge is 0.220 e. The van der Waals surface area contributed by atoms with Crippen LogP contribution in [-0.4, -0.2) is 340 Å². The monoisotopic (exact) mass is 1590 g/mol. The summed E-state index contributed by atoms with van der Waals surface area (Å²) in [5.41, 5.74) is 0. The average Bonchev–Trinajstić information content (AvgIpc) is 0.760. The number of aliphatic hydroxyl groups is 18. The molecule has 0 bridgehead atoms. The van der Waals surface area contributed by atoms with Crippen LogP contribution in [-0.2, 0) is 66.4 Å². The maximum Gasteiger partial charge on any atom is 0.220 e. The highest BCUT2D eigenvalue weighted by Gasteiger charge is 2.59. The van der Waals surface area contributed by atoms with Crippen LogP contribution in [0.3, 0.4) is 0 Å². The molecule has 20 N–H and O–H groups in total. The Bertz CT molecular complexity index is 2490. The van der Waals surface area contributed by atoms with Crippen molar-refractivity contribution in [1.29, 1.82) is 0 Å². The summed E-state index contributed by atoms with van der Waals surface area (Å²) in [5, 5.41) is 205. The Balaban J connectivity index is 1.14. The molecule has 0 aliphatic carbocycles. The quantitative estimate of drug-likeness (QED) is 0.0263. The Morgan fingerprint density at radius 1 is 0.373 bits per heavy atom. The van der Waals surface area contributed by atoms with Crippen LogP contribution >= 0.6 is 0 Å². The van der Waals surface area contributed by atoms with E-state index in [-0.39, 0.29) is 12.3 Å². The topological polar surface area (TPSA) is 533 Å². The Labute approximate surface area is 646 Å². The van der Waals surface area contributed by atoms with E-state index in [9.17, 15) is 102 Å². The van der Waals surface area contributed by atoms with Crippen LogP contribution in [0.25, 0.3) is 0 Å². The molecule has 32 atom stereocenters. The zero-order valence-corrected chi connectivity index (χ0v) is 64.9. The van der Waals surface area contributed by atoms with Gasteiger partial charge in [-0.2, -0.15) is 0 Å². The molecule has 6 aliphatic heterocycles. The molecule has 12 unspecified atom stereocenters. The second-order valence-corrected chi connectivity index (χ2v) is 30.6. The number of hydrogen-bond acceptors (Lipinski definition) is 32. The summed E-state index contributed by atoms with van der Waals surface area (Å²) in [5.74, 6) is -1.25. The lowest BCUT2D eigenvalue weighted by molar-refractivity contribution is -0.397. The fourth-order valence-corrected chi connectivity index (χ4v) is 15.0. The number of hydrogen-bond donors (Lipinski definition) is 20. The lowest BCUT2D eigenvalue weighted by atomic mass is 9.93. The summed E-state index contributed by atoms with van der Waals surface area (Å²) in [6, 6.07) is -2.97. The van der Waals surface area contributed by atoms with Crippen LogP contribution in [0.2, 0.25) is 0 Å². The fourth-order valence-electron chi connectivity index (χ4n) is 15.0. The molecule has 6 heterocycles. The SMILES string of the molecule is CCCCCCCCCCCCC/C=C/[C@@H](O)[C@H](CO[C@@H]1OC(CO)[C@@H](O[C@@H]2OC(CO)[C@H](O)[C@H](O[C@@H]3OC(CO)[C@@H](O[C@@H]4OC(CO)[C@H](O)[C@H](O[C@H]5OC(CO)[C@H](O)[C@H](O)C5O)C4O)[C@H](O[C@H]4OC(C)[C@@H](O)C(O)[C@@H]4O)C3NC(C)=O)C2O)[C@H](O)C1O)NC(=O)CCCCCCCCCCCCCCCCCCC. The molecule has 0 aromatic rings. The molecule has 6 aliphatic rings. The third kappa shape index (κ3) is 29.2. The van der Waals surface area contributed by atoms with Gasteiger partial charge in [-0.15, -0.1) is 0 Å². The minimum absolute atomic E-state index is 0.171. The zero-order valence-electron chi connectivity index (χ0n) is 64.9. The number of ether oxygens (including phenoxy) is 12. The summed E-state index contributed by atoms with van der Waals surface area (Å²) in [4.78, 5) is 27.0. The van der Waals surface area contributed by atoms with E-state index in [0.717, 1.165) is 58.3 Å². The minimum Gasteiger partial charge on any atom is -0.394 e. The molecule has 2 amide bonds. The first-order valence-electron chi connectivity index (χ1n) is 40.8. The third-order valence-electron chi connectivity index (χ3n) is 21.8. The first-order valence-corrected chi connectivity index (χ1v) is 40.8. The standard InChI is InChI=1S/C76H138N2O32/c1-5-7-9-11-13-15-17-19-20-21-22-24-26-28-30-32-34-36-52(86)78-45(46(85)35-33-31-29-27-25-23-18-16-14-12-10-8-6-2)42-99-72-63(96)60(93)66(50(40-82)105-72)106-75-64(97)69(56(89)48(38-80)102-75)109-71-53(77-44(4)84)68(108-73-61(94)58(91)54(87)43(3)100-73)67(51(41-83)104-71)107-76-65(98)70(57(90)49(39-81)103-76)110-74-62(95)59(92)55(88)47(37-79)101-74/h33,35,43,45-51,53-76,79-83,85,87-98H,5-32,34,36-42H2,1-4H3,(H,77,84)(H,78,86)/b35-33+/t43?,45-,46+,47?,48?,49?,50?,51?,53?,54+,55-,56-,57-,58?,59-,60+,61-,62?,63?,64?,65?,66+,67+,68+,69-,70-,71-,72+,73+,74+,75-,76-/m0/s1. The number of aliphatic hydroxyl groups excluding tert-OH is 18. The van der Waals surface area contributed by atoms with E-state index in [1.54, 1.807) is 6.08 Å². The molecule has 6 fully saturated rings.